The van der Waals surface area contributed by atoms with Crippen LogP contribution in [0.5, 0.6) is 0 Å². The number of carbonyl (C=O) groups excluding carboxylic acids is 2. The molecule has 0 saturated heterocycles. The Balaban J connectivity index is 0.000000552. The minimum atomic E-state index is -1.05. The van der Waals surface area contributed by atoms with Gasteiger partial charge in [-0.1, -0.05) is 85.8 Å². The zero-order valence-corrected chi connectivity index (χ0v) is 18.6. The molecule has 1 unspecified atom stereocenters. The lowest BCUT2D eigenvalue weighted by molar-refractivity contribution is 0.0888. The molecule has 0 radical (unpaired) electrons. The highest BCUT2D eigenvalue weighted by Gasteiger charge is 2.44. The summed E-state index contributed by atoms with van der Waals surface area (Å²) in [6.07, 6.45) is 2.64. The molecule has 1 atom stereocenters. The van der Waals surface area contributed by atoms with Crippen molar-refractivity contribution in [2.45, 2.75) is 39.5 Å². The van der Waals surface area contributed by atoms with E-state index in [1.807, 2.05) is 30.3 Å². The Morgan fingerprint density at radius 1 is 0.828 bits per heavy atom. The van der Waals surface area contributed by atoms with Crippen LogP contribution in [0.3, 0.4) is 0 Å². The third kappa shape index (κ3) is 3.79. The van der Waals surface area contributed by atoms with E-state index in [4.69, 9.17) is 34.8 Å². The van der Waals surface area contributed by atoms with Crippen LogP contribution in [0.4, 0.5) is 0 Å². The molecule has 3 nitrogen and oxygen atoms in total. The van der Waals surface area contributed by atoms with Gasteiger partial charge in [0.05, 0.1) is 37.4 Å². The van der Waals surface area contributed by atoms with Crippen LogP contribution in [-0.2, 0) is 0 Å². The second kappa shape index (κ2) is 8.83. The summed E-state index contributed by atoms with van der Waals surface area (Å²) in [4.78, 5) is 30.3. The lowest BCUT2D eigenvalue weighted by atomic mass is 9.98. The van der Waals surface area contributed by atoms with E-state index < -0.39 is 17.5 Å². The number of hydrogen-bond acceptors (Lipinski definition) is 3. The number of unbranched alkanes of at least 4 members (excludes halogenated alkanes) is 1. The van der Waals surface area contributed by atoms with E-state index in [1.165, 1.54) is 12.8 Å². The first-order valence-electron chi connectivity index (χ1n) is 9.44. The van der Waals surface area contributed by atoms with E-state index in [2.05, 4.69) is 18.8 Å². The third-order valence-electron chi connectivity index (χ3n) is 4.97. The molecule has 0 saturated carbocycles. The van der Waals surface area contributed by atoms with Crippen molar-refractivity contribution >= 4 is 57.3 Å². The van der Waals surface area contributed by atoms with E-state index in [0.717, 1.165) is 5.39 Å². The first-order chi connectivity index (χ1) is 13.8. The van der Waals surface area contributed by atoms with Gasteiger partial charge in [0.2, 0.25) is 0 Å². The van der Waals surface area contributed by atoms with Gasteiger partial charge in [0.25, 0.3) is 0 Å². The van der Waals surface area contributed by atoms with Gasteiger partial charge in [-0.3, -0.25) is 14.6 Å². The summed E-state index contributed by atoms with van der Waals surface area (Å²) >= 11 is 18.7. The molecule has 4 rings (SSSR count). The normalized spacial score (nSPS) is 15.3. The molecular weight excluding hydrogens is 429 g/mol. The average molecular weight is 449 g/mol. The molecule has 0 fully saturated rings. The number of pyridine rings is 1. The second-order valence-electron chi connectivity index (χ2n) is 6.91. The van der Waals surface area contributed by atoms with Crippen LogP contribution >= 0.6 is 34.8 Å². The number of hydrogen-bond donors (Lipinski definition) is 0. The Bertz CT molecular complexity index is 1080. The van der Waals surface area contributed by atoms with Gasteiger partial charge in [-0.2, -0.15) is 0 Å². The standard InChI is InChI=1S/C19H10Cl3NO2.C4H10/c1-8-15(20)13-14(17(22)16(8)21)19(25)12(18(13)24)11-7-6-9-4-2-3-5-10(9)23-11;1-3-4-2/h2-7,12H,1H3;3-4H2,1-2H3. The van der Waals surface area contributed by atoms with Gasteiger partial charge >= 0.3 is 0 Å². The summed E-state index contributed by atoms with van der Waals surface area (Å²) in [6.45, 7) is 6.02. The van der Waals surface area contributed by atoms with Crippen LogP contribution in [0.25, 0.3) is 10.9 Å². The number of fused-ring (bicyclic) bond motifs is 2. The number of para-hydroxylation sites is 1. The van der Waals surface area contributed by atoms with E-state index in [0.29, 0.717) is 16.8 Å². The molecule has 1 heterocycles. The van der Waals surface area contributed by atoms with Gasteiger partial charge in [-0.25, -0.2) is 0 Å². The number of ketones is 2. The van der Waals surface area contributed by atoms with Crippen LogP contribution in [-0.4, -0.2) is 16.6 Å². The number of halogens is 3. The molecule has 0 N–H and O–H groups in total. The van der Waals surface area contributed by atoms with Gasteiger partial charge in [-0.05, 0) is 24.6 Å². The van der Waals surface area contributed by atoms with Gasteiger partial charge in [0, 0.05) is 5.39 Å². The zero-order chi connectivity index (χ0) is 21.3. The number of rotatable bonds is 2. The fraction of sp³-hybridized carbons (Fsp3) is 0.261. The minimum Gasteiger partial charge on any atom is -0.293 e. The summed E-state index contributed by atoms with van der Waals surface area (Å²) < 4.78 is 0. The van der Waals surface area contributed by atoms with Crippen molar-refractivity contribution in [1.82, 2.24) is 4.98 Å². The molecule has 6 heteroatoms. The molecule has 150 valence electrons. The summed E-state index contributed by atoms with van der Waals surface area (Å²) in [5.74, 6) is -1.86. The summed E-state index contributed by atoms with van der Waals surface area (Å²) in [6, 6.07) is 11.0. The van der Waals surface area contributed by atoms with Crippen molar-refractivity contribution < 1.29 is 9.59 Å². The predicted octanol–water partition coefficient (Wildman–Crippen LogP) is 7.47. The maximum atomic E-state index is 12.9. The maximum Gasteiger partial charge on any atom is 0.182 e. The lowest BCUT2D eigenvalue weighted by Crippen LogP contribution is -2.14. The van der Waals surface area contributed by atoms with Gasteiger partial charge < -0.3 is 0 Å². The van der Waals surface area contributed by atoms with E-state index in [1.54, 1.807) is 13.0 Å². The van der Waals surface area contributed by atoms with Crippen molar-refractivity contribution in [2.75, 3.05) is 0 Å². The topological polar surface area (TPSA) is 47.0 Å². The van der Waals surface area contributed by atoms with Crippen LogP contribution in [0, 0.1) is 6.92 Å². The maximum absolute atomic E-state index is 12.9. The van der Waals surface area contributed by atoms with Crippen molar-refractivity contribution in [1.29, 1.82) is 0 Å². The number of benzene rings is 2. The van der Waals surface area contributed by atoms with E-state index in [9.17, 15) is 9.59 Å². The molecule has 0 amide bonds. The molecule has 3 aromatic rings. The van der Waals surface area contributed by atoms with Gasteiger partial charge in [-0.15, -0.1) is 0 Å². The fourth-order valence-corrected chi connectivity index (χ4v) is 4.01. The molecule has 1 aromatic heterocycles. The van der Waals surface area contributed by atoms with Crippen LogP contribution < -0.4 is 0 Å². The smallest absolute Gasteiger partial charge is 0.182 e. The molecular formula is C23H20Cl3NO2. The zero-order valence-electron chi connectivity index (χ0n) is 16.4. The molecule has 29 heavy (non-hydrogen) atoms. The average Bonchev–Trinajstić information content (AvgIpc) is 3.00. The number of nitrogens with zero attached hydrogens (tertiary/aromatic N) is 1. The fourth-order valence-electron chi connectivity index (χ4n) is 3.16. The van der Waals surface area contributed by atoms with Crippen molar-refractivity contribution in [2.24, 2.45) is 0 Å². The Kier molecular flexibility index (Phi) is 6.62. The van der Waals surface area contributed by atoms with Gasteiger partial charge in [0.1, 0.15) is 5.92 Å². The summed E-state index contributed by atoms with van der Waals surface area (Å²) in [5.41, 5.74) is 1.81. The largest absolute Gasteiger partial charge is 0.293 e. The quantitative estimate of drug-likeness (QED) is 0.302. The molecule has 0 bridgehead atoms. The molecule has 0 aliphatic heterocycles. The van der Waals surface area contributed by atoms with Crippen molar-refractivity contribution in [3.63, 3.8) is 0 Å². The lowest BCUT2D eigenvalue weighted by Gasteiger charge is -2.08. The van der Waals surface area contributed by atoms with Gasteiger partial charge in [0.15, 0.2) is 11.6 Å². The number of carbonyl (C=O) groups is 2. The van der Waals surface area contributed by atoms with Crippen molar-refractivity contribution in [3.8, 4) is 0 Å². The molecule has 2 aromatic carbocycles. The first kappa shape index (κ1) is 21.8. The SMILES string of the molecule is CCCC.Cc1c(Cl)c(Cl)c2c(c1Cl)C(=O)C(c1ccc3ccccc3n1)C2=O. The minimum absolute atomic E-state index is 0.0696. The van der Waals surface area contributed by atoms with Crippen LogP contribution in [0.15, 0.2) is 36.4 Å². The molecule has 1 aliphatic rings. The van der Waals surface area contributed by atoms with Crippen molar-refractivity contribution in [3.05, 3.63) is 73.9 Å². The molecule has 0 spiro atoms. The first-order valence-corrected chi connectivity index (χ1v) is 10.6. The van der Waals surface area contributed by atoms with E-state index >= 15 is 0 Å². The third-order valence-corrected chi connectivity index (χ3v) is 6.39. The highest BCUT2D eigenvalue weighted by Crippen LogP contribution is 2.45. The Morgan fingerprint density at radius 2 is 1.41 bits per heavy atom. The Labute approximate surface area is 185 Å². The monoisotopic (exact) mass is 447 g/mol. The second-order valence-corrected chi connectivity index (χ2v) is 8.04. The highest BCUT2D eigenvalue weighted by molar-refractivity contribution is 6.50. The number of aromatic nitrogens is 1. The Hall–Kier alpha value is -1.94. The summed E-state index contributed by atoms with van der Waals surface area (Å²) in [5, 5.41) is 1.36. The van der Waals surface area contributed by atoms with E-state index in [-0.39, 0.29) is 26.2 Å². The predicted molar refractivity (Wildman–Crippen MR) is 120 cm³/mol. The molecule has 1 aliphatic carbocycles. The Morgan fingerprint density at radius 3 is 2.03 bits per heavy atom. The van der Waals surface area contributed by atoms with Crippen LogP contribution in [0.2, 0.25) is 15.1 Å². The highest BCUT2D eigenvalue weighted by atomic mass is 35.5. The van der Waals surface area contributed by atoms with Crippen LogP contribution in [0.1, 0.15) is 64.6 Å². The number of Topliss-reactive ketones (excluding diaryl/α,β-unsaturated/α-hetero) is 2. The summed E-state index contributed by atoms with van der Waals surface area (Å²) in [7, 11) is 0.